The molecule has 7 nitrogen and oxygen atoms in total. The van der Waals surface area contributed by atoms with Crippen LogP contribution < -0.4 is 20.7 Å². The molecule has 3 N–H and O–H groups in total. The lowest BCUT2D eigenvalue weighted by molar-refractivity contribution is -0.115. The van der Waals surface area contributed by atoms with Crippen LogP contribution in [0.4, 0.5) is 21.3 Å². The summed E-state index contributed by atoms with van der Waals surface area (Å²) in [4.78, 5) is 28.5. The van der Waals surface area contributed by atoms with Crippen LogP contribution in [-0.4, -0.2) is 24.0 Å². The first kappa shape index (κ1) is 19.7. The lowest BCUT2D eigenvalue weighted by Gasteiger charge is -2.09. The van der Waals surface area contributed by atoms with Gasteiger partial charge in [0.15, 0.2) is 5.13 Å². The average Bonchev–Trinajstić information content (AvgIpc) is 3.08. The Bertz CT molecular complexity index is 993. The first-order chi connectivity index (χ1) is 13.5. The summed E-state index contributed by atoms with van der Waals surface area (Å²) in [6, 6.07) is 13.5. The number of thiazole rings is 1. The Labute approximate surface area is 170 Å². The maximum absolute atomic E-state index is 12.2. The van der Waals surface area contributed by atoms with Crippen molar-refractivity contribution in [3.63, 3.8) is 0 Å². The SMILES string of the molecule is COc1ccccc1NC(=O)Cc1csc(NC(=O)Nc2cccc(Cl)c2)n1. The first-order valence-electron chi connectivity index (χ1n) is 8.24. The molecule has 0 aliphatic rings. The van der Waals surface area contributed by atoms with Crippen LogP contribution in [0.1, 0.15) is 5.69 Å². The number of aromatic nitrogens is 1. The number of hydrogen-bond donors (Lipinski definition) is 3. The van der Waals surface area contributed by atoms with Gasteiger partial charge in [0, 0.05) is 16.1 Å². The Morgan fingerprint density at radius 2 is 1.93 bits per heavy atom. The topological polar surface area (TPSA) is 92.4 Å². The van der Waals surface area contributed by atoms with E-state index in [-0.39, 0.29) is 12.3 Å². The van der Waals surface area contributed by atoms with Gasteiger partial charge < -0.3 is 15.4 Å². The molecule has 0 atom stereocenters. The third kappa shape index (κ3) is 5.45. The van der Waals surface area contributed by atoms with Gasteiger partial charge in [-0.2, -0.15) is 0 Å². The minimum atomic E-state index is -0.443. The van der Waals surface area contributed by atoms with E-state index in [0.717, 1.165) is 0 Å². The minimum absolute atomic E-state index is 0.0755. The van der Waals surface area contributed by atoms with E-state index in [9.17, 15) is 9.59 Å². The highest BCUT2D eigenvalue weighted by atomic mass is 35.5. The number of para-hydroxylation sites is 2. The number of carbonyl (C=O) groups is 2. The van der Waals surface area contributed by atoms with E-state index in [1.165, 1.54) is 18.4 Å². The highest BCUT2D eigenvalue weighted by molar-refractivity contribution is 7.14. The van der Waals surface area contributed by atoms with Crippen molar-refractivity contribution >= 4 is 51.4 Å². The quantitative estimate of drug-likeness (QED) is 0.546. The van der Waals surface area contributed by atoms with Gasteiger partial charge in [-0.05, 0) is 30.3 Å². The molecule has 0 unspecified atom stereocenters. The highest BCUT2D eigenvalue weighted by Crippen LogP contribution is 2.23. The molecule has 3 rings (SSSR count). The molecule has 0 fully saturated rings. The fourth-order valence-electron chi connectivity index (χ4n) is 2.38. The molecule has 0 aliphatic heterocycles. The number of urea groups is 1. The van der Waals surface area contributed by atoms with Crippen molar-refractivity contribution in [3.05, 3.63) is 64.6 Å². The van der Waals surface area contributed by atoms with E-state index in [1.54, 1.807) is 41.8 Å². The van der Waals surface area contributed by atoms with Crippen LogP contribution in [0.15, 0.2) is 53.9 Å². The van der Waals surface area contributed by atoms with Gasteiger partial charge in [-0.1, -0.05) is 29.8 Å². The van der Waals surface area contributed by atoms with Gasteiger partial charge >= 0.3 is 6.03 Å². The normalized spacial score (nSPS) is 10.2. The smallest absolute Gasteiger partial charge is 0.325 e. The van der Waals surface area contributed by atoms with Crippen LogP contribution >= 0.6 is 22.9 Å². The summed E-state index contributed by atoms with van der Waals surface area (Å²) in [6.45, 7) is 0. The van der Waals surface area contributed by atoms with Crippen molar-refractivity contribution in [2.75, 3.05) is 23.1 Å². The molecule has 144 valence electrons. The number of nitrogens with zero attached hydrogens (tertiary/aromatic N) is 1. The summed E-state index contributed by atoms with van der Waals surface area (Å²) in [5.41, 5.74) is 1.71. The van der Waals surface area contributed by atoms with E-state index in [2.05, 4.69) is 20.9 Å². The number of anilines is 3. The zero-order valence-corrected chi connectivity index (χ0v) is 16.4. The maximum Gasteiger partial charge on any atom is 0.325 e. The predicted molar refractivity (Wildman–Crippen MR) is 112 cm³/mol. The second-order valence-electron chi connectivity index (χ2n) is 5.66. The molecule has 0 saturated heterocycles. The van der Waals surface area contributed by atoms with Crippen LogP contribution in [-0.2, 0) is 11.2 Å². The van der Waals surface area contributed by atoms with Crippen molar-refractivity contribution < 1.29 is 14.3 Å². The third-order valence-corrected chi connectivity index (χ3v) is 4.62. The van der Waals surface area contributed by atoms with E-state index >= 15 is 0 Å². The number of benzene rings is 2. The summed E-state index contributed by atoms with van der Waals surface area (Å²) in [7, 11) is 1.54. The van der Waals surface area contributed by atoms with Crippen molar-refractivity contribution in [1.82, 2.24) is 4.98 Å². The van der Waals surface area contributed by atoms with Gasteiger partial charge in [-0.15, -0.1) is 11.3 Å². The molecule has 1 heterocycles. The van der Waals surface area contributed by atoms with Gasteiger partial charge in [-0.3, -0.25) is 10.1 Å². The third-order valence-electron chi connectivity index (χ3n) is 3.58. The zero-order valence-electron chi connectivity index (χ0n) is 14.9. The fourth-order valence-corrected chi connectivity index (χ4v) is 3.27. The Balaban J connectivity index is 1.55. The molecule has 3 aromatic rings. The number of halogens is 1. The zero-order chi connectivity index (χ0) is 19.9. The molecule has 0 bridgehead atoms. The molecule has 0 spiro atoms. The molecule has 2 aromatic carbocycles. The number of hydrogen-bond acceptors (Lipinski definition) is 5. The van der Waals surface area contributed by atoms with Crippen LogP contribution in [0.2, 0.25) is 5.02 Å². The Hall–Kier alpha value is -3.10. The number of ether oxygens (including phenoxy) is 1. The fraction of sp³-hybridized carbons (Fsp3) is 0.105. The van der Waals surface area contributed by atoms with Crippen molar-refractivity contribution in [1.29, 1.82) is 0 Å². The van der Waals surface area contributed by atoms with Crippen LogP contribution in [0, 0.1) is 0 Å². The Morgan fingerprint density at radius 3 is 2.71 bits per heavy atom. The summed E-state index contributed by atoms with van der Waals surface area (Å²) >= 11 is 7.12. The summed E-state index contributed by atoms with van der Waals surface area (Å²) in [6.07, 6.45) is 0.0755. The van der Waals surface area contributed by atoms with E-state index in [1.807, 2.05) is 12.1 Å². The summed E-state index contributed by atoms with van der Waals surface area (Å²) in [5.74, 6) is 0.346. The standard InChI is InChI=1S/C19H17ClN4O3S/c1-27-16-8-3-2-7-15(16)23-17(25)10-14-11-28-19(22-14)24-18(26)21-13-6-4-5-12(20)9-13/h2-9,11H,10H2,1H3,(H,23,25)(H2,21,22,24,26). The molecule has 0 radical (unpaired) electrons. The largest absolute Gasteiger partial charge is 0.495 e. The van der Waals surface area contributed by atoms with Gasteiger partial charge in [0.25, 0.3) is 0 Å². The first-order valence-corrected chi connectivity index (χ1v) is 9.50. The van der Waals surface area contributed by atoms with E-state index < -0.39 is 6.03 Å². The Kier molecular flexibility index (Phi) is 6.46. The van der Waals surface area contributed by atoms with Crippen molar-refractivity contribution in [2.24, 2.45) is 0 Å². The van der Waals surface area contributed by atoms with Crippen molar-refractivity contribution in [3.8, 4) is 5.75 Å². The second-order valence-corrected chi connectivity index (χ2v) is 6.95. The molecule has 28 heavy (non-hydrogen) atoms. The lowest BCUT2D eigenvalue weighted by Crippen LogP contribution is -2.19. The number of carbonyl (C=O) groups excluding carboxylic acids is 2. The van der Waals surface area contributed by atoms with Gasteiger partial charge in [0.2, 0.25) is 5.91 Å². The van der Waals surface area contributed by atoms with Crippen LogP contribution in [0.3, 0.4) is 0 Å². The maximum atomic E-state index is 12.2. The highest BCUT2D eigenvalue weighted by Gasteiger charge is 2.12. The second kappa shape index (κ2) is 9.20. The number of amides is 3. The monoisotopic (exact) mass is 416 g/mol. The van der Waals surface area contributed by atoms with Crippen LogP contribution in [0.25, 0.3) is 0 Å². The van der Waals surface area contributed by atoms with Crippen LogP contribution in [0.5, 0.6) is 5.75 Å². The number of methoxy groups -OCH3 is 1. The van der Waals surface area contributed by atoms with Gasteiger partial charge in [-0.25, -0.2) is 9.78 Å². The number of nitrogens with one attached hydrogen (secondary N) is 3. The molecule has 0 saturated carbocycles. The molecule has 1 aromatic heterocycles. The van der Waals surface area contributed by atoms with E-state index in [4.69, 9.17) is 16.3 Å². The predicted octanol–water partition coefficient (Wildman–Crippen LogP) is 4.63. The minimum Gasteiger partial charge on any atom is -0.495 e. The molecular formula is C19H17ClN4O3S. The molecule has 9 heteroatoms. The van der Waals surface area contributed by atoms with Gasteiger partial charge in [0.05, 0.1) is 24.9 Å². The Morgan fingerprint density at radius 1 is 1.11 bits per heavy atom. The summed E-state index contributed by atoms with van der Waals surface area (Å²) < 4.78 is 5.21. The van der Waals surface area contributed by atoms with E-state index in [0.29, 0.717) is 33.0 Å². The van der Waals surface area contributed by atoms with Crippen molar-refractivity contribution in [2.45, 2.75) is 6.42 Å². The summed E-state index contributed by atoms with van der Waals surface area (Å²) in [5, 5.41) is 10.7. The molecule has 0 aliphatic carbocycles. The molecule has 3 amide bonds. The average molecular weight is 417 g/mol. The molecular weight excluding hydrogens is 400 g/mol. The lowest BCUT2D eigenvalue weighted by atomic mass is 10.2. The van der Waals surface area contributed by atoms with Gasteiger partial charge in [0.1, 0.15) is 5.75 Å². The number of rotatable bonds is 6.